The van der Waals surface area contributed by atoms with Crippen LogP contribution in [-0.2, 0) is 0 Å². The lowest BCUT2D eigenvalue weighted by molar-refractivity contribution is 0.0697. The second-order valence-electron chi connectivity index (χ2n) is 4.17. The molecule has 0 aliphatic carbocycles. The lowest BCUT2D eigenvalue weighted by Crippen LogP contribution is -2.09. The van der Waals surface area contributed by atoms with Crippen LogP contribution in [0.5, 0.6) is 11.5 Å². The molecule has 2 rings (SSSR count). The maximum absolute atomic E-state index is 12.0. The van der Waals surface area contributed by atoms with E-state index in [-0.39, 0.29) is 22.7 Å². The SMILES string of the molecule is COc1cc(C(=O)O)c(N=O)cc1OC(=O)c1ccccc1. The topological polar surface area (TPSA) is 102 Å². The lowest BCUT2D eigenvalue weighted by atomic mass is 10.1. The summed E-state index contributed by atoms with van der Waals surface area (Å²) in [5.74, 6) is -2.09. The van der Waals surface area contributed by atoms with Crippen LogP contribution in [0.3, 0.4) is 0 Å². The minimum absolute atomic E-state index is 0.00841. The molecule has 0 radical (unpaired) electrons. The highest BCUT2D eigenvalue weighted by molar-refractivity contribution is 5.95. The summed E-state index contributed by atoms with van der Waals surface area (Å²) < 4.78 is 10.1. The standard InChI is InChI=1S/C15H11NO6/c1-21-12-7-10(14(17)18)11(16-20)8-13(12)22-15(19)9-5-3-2-4-6-9/h2-8H,1H3,(H,17,18). The fourth-order valence-electron chi connectivity index (χ4n) is 1.77. The molecule has 7 nitrogen and oxygen atoms in total. The van der Waals surface area contributed by atoms with E-state index < -0.39 is 11.9 Å². The Hall–Kier alpha value is -3.22. The number of nitrogens with zero attached hydrogens (tertiary/aromatic N) is 1. The highest BCUT2D eigenvalue weighted by Crippen LogP contribution is 2.35. The van der Waals surface area contributed by atoms with E-state index in [1.165, 1.54) is 7.11 Å². The van der Waals surface area contributed by atoms with Crippen LogP contribution in [0.1, 0.15) is 20.7 Å². The Kier molecular flexibility index (Phi) is 4.47. The Labute approximate surface area is 125 Å². The van der Waals surface area contributed by atoms with Gasteiger partial charge in [-0.25, -0.2) is 9.59 Å². The molecule has 0 aromatic heterocycles. The van der Waals surface area contributed by atoms with Crippen molar-refractivity contribution in [2.24, 2.45) is 5.18 Å². The van der Waals surface area contributed by atoms with Crippen LogP contribution in [0.15, 0.2) is 47.6 Å². The molecule has 7 heteroatoms. The van der Waals surface area contributed by atoms with Crippen molar-refractivity contribution in [2.45, 2.75) is 0 Å². The number of esters is 1. The first-order chi connectivity index (χ1) is 10.6. The third-order valence-corrected chi connectivity index (χ3v) is 2.82. The average molecular weight is 301 g/mol. The molecule has 0 saturated heterocycles. The number of nitroso groups, excluding NO2 is 1. The van der Waals surface area contributed by atoms with Crippen molar-refractivity contribution >= 4 is 17.6 Å². The number of aromatic carboxylic acids is 1. The van der Waals surface area contributed by atoms with Gasteiger partial charge in [0.2, 0.25) is 0 Å². The number of ether oxygens (including phenoxy) is 2. The van der Waals surface area contributed by atoms with Crippen molar-refractivity contribution < 1.29 is 24.2 Å². The molecule has 0 fully saturated rings. The van der Waals surface area contributed by atoms with Crippen molar-refractivity contribution in [3.05, 3.63) is 58.5 Å². The lowest BCUT2D eigenvalue weighted by Gasteiger charge is -2.11. The van der Waals surface area contributed by atoms with E-state index in [1.54, 1.807) is 30.3 Å². The maximum atomic E-state index is 12.0. The van der Waals surface area contributed by atoms with Crippen LogP contribution in [0.4, 0.5) is 5.69 Å². The molecule has 0 heterocycles. The Bertz CT molecular complexity index is 726. The molecule has 0 atom stereocenters. The summed E-state index contributed by atoms with van der Waals surface area (Å²) in [7, 11) is 1.29. The number of methoxy groups -OCH3 is 1. The number of carbonyl (C=O) groups excluding carboxylic acids is 1. The second kappa shape index (κ2) is 6.49. The van der Waals surface area contributed by atoms with Gasteiger partial charge in [-0.1, -0.05) is 18.2 Å². The largest absolute Gasteiger partial charge is 0.493 e. The van der Waals surface area contributed by atoms with Crippen LogP contribution < -0.4 is 9.47 Å². The summed E-state index contributed by atoms with van der Waals surface area (Å²) in [6.07, 6.45) is 0. The molecule has 22 heavy (non-hydrogen) atoms. The molecule has 0 amide bonds. The molecule has 0 unspecified atom stereocenters. The molecule has 0 spiro atoms. The minimum atomic E-state index is -1.34. The van der Waals surface area contributed by atoms with Crippen molar-refractivity contribution in [3.63, 3.8) is 0 Å². The zero-order valence-corrected chi connectivity index (χ0v) is 11.5. The van der Waals surface area contributed by atoms with Gasteiger partial charge in [0.15, 0.2) is 11.5 Å². The first-order valence-corrected chi connectivity index (χ1v) is 6.12. The van der Waals surface area contributed by atoms with Crippen LogP contribution in [0.2, 0.25) is 0 Å². The monoisotopic (exact) mass is 301 g/mol. The number of carboxylic acids is 1. The van der Waals surface area contributed by atoms with Gasteiger partial charge in [-0.05, 0) is 17.3 Å². The zero-order chi connectivity index (χ0) is 16.1. The van der Waals surface area contributed by atoms with Crippen LogP contribution in [0, 0.1) is 4.91 Å². The van der Waals surface area contributed by atoms with E-state index in [9.17, 15) is 14.5 Å². The number of rotatable bonds is 5. The average Bonchev–Trinajstić information content (AvgIpc) is 2.54. The van der Waals surface area contributed by atoms with Crippen molar-refractivity contribution in [3.8, 4) is 11.5 Å². The summed E-state index contributed by atoms with van der Waals surface area (Å²) in [5, 5.41) is 11.6. The Morgan fingerprint density at radius 1 is 1.09 bits per heavy atom. The van der Waals surface area contributed by atoms with Gasteiger partial charge in [-0.2, -0.15) is 0 Å². The van der Waals surface area contributed by atoms with E-state index in [0.717, 1.165) is 12.1 Å². The first-order valence-electron chi connectivity index (χ1n) is 6.12. The van der Waals surface area contributed by atoms with Gasteiger partial charge in [-0.15, -0.1) is 4.91 Å². The molecular weight excluding hydrogens is 290 g/mol. The van der Waals surface area contributed by atoms with Crippen molar-refractivity contribution in [1.29, 1.82) is 0 Å². The summed E-state index contributed by atoms with van der Waals surface area (Å²) in [6.45, 7) is 0. The van der Waals surface area contributed by atoms with E-state index in [1.807, 2.05) is 0 Å². The van der Waals surface area contributed by atoms with Gasteiger partial charge in [0.05, 0.1) is 18.2 Å². The fraction of sp³-hybridized carbons (Fsp3) is 0.0667. The van der Waals surface area contributed by atoms with E-state index in [0.29, 0.717) is 5.56 Å². The number of hydrogen-bond acceptors (Lipinski definition) is 6. The molecule has 0 aliphatic heterocycles. The second-order valence-corrected chi connectivity index (χ2v) is 4.17. The molecule has 0 saturated carbocycles. The molecular formula is C15H11NO6. The van der Waals surface area contributed by atoms with Gasteiger partial charge in [0.1, 0.15) is 5.69 Å². The van der Waals surface area contributed by atoms with Gasteiger partial charge >= 0.3 is 11.9 Å². The van der Waals surface area contributed by atoms with Gasteiger partial charge in [0.25, 0.3) is 0 Å². The Morgan fingerprint density at radius 3 is 2.32 bits per heavy atom. The predicted octanol–water partition coefficient (Wildman–Crippen LogP) is 3.01. The Balaban J connectivity index is 2.40. The molecule has 0 aliphatic rings. The first kappa shape index (κ1) is 15.2. The van der Waals surface area contributed by atoms with Gasteiger partial charge in [0, 0.05) is 12.1 Å². The smallest absolute Gasteiger partial charge is 0.343 e. The molecule has 1 N–H and O–H groups in total. The quantitative estimate of drug-likeness (QED) is 0.517. The summed E-state index contributed by atoms with van der Waals surface area (Å²) in [6, 6.07) is 10.3. The molecule has 112 valence electrons. The van der Waals surface area contributed by atoms with E-state index >= 15 is 0 Å². The summed E-state index contributed by atoms with van der Waals surface area (Å²) in [5.41, 5.74) is -0.400. The maximum Gasteiger partial charge on any atom is 0.343 e. The number of hydrogen-bond donors (Lipinski definition) is 1. The number of carboxylic acid groups (broad SMARTS) is 1. The van der Waals surface area contributed by atoms with Crippen molar-refractivity contribution in [2.75, 3.05) is 7.11 Å². The van der Waals surface area contributed by atoms with Crippen LogP contribution in [-0.4, -0.2) is 24.2 Å². The molecule has 0 bridgehead atoms. The molecule has 2 aromatic rings. The number of benzene rings is 2. The van der Waals surface area contributed by atoms with Gasteiger partial charge < -0.3 is 14.6 Å². The van der Waals surface area contributed by atoms with Crippen LogP contribution in [0.25, 0.3) is 0 Å². The van der Waals surface area contributed by atoms with Crippen LogP contribution >= 0.6 is 0 Å². The fourth-order valence-corrected chi connectivity index (χ4v) is 1.77. The Morgan fingerprint density at radius 2 is 1.77 bits per heavy atom. The van der Waals surface area contributed by atoms with E-state index in [4.69, 9.17) is 14.6 Å². The zero-order valence-electron chi connectivity index (χ0n) is 11.5. The van der Waals surface area contributed by atoms with E-state index in [2.05, 4.69) is 5.18 Å². The van der Waals surface area contributed by atoms with Crippen molar-refractivity contribution in [1.82, 2.24) is 0 Å². The molecule has 2 aromatic carbocycles. The minimum Gasteiger partial charge on any atom is -0.493 e. The summed E-state index contributed by atoms with van der Waals surface area (Å²) in [4.78, 5) is 33.8. The van der Waals surface area contributed by atoms with Gasteiger partial charge in [-0.3, -0.25) is 0 Å². The third-order valence-electron chi connectivity index (χ3n) is 2.82. The normalized spacial score (nSPS) is 9.86. The summed E-state index contributed by atoms with van der Waals surface area (Å²) >= 11 is 0. The third kappa shape index (κ3) is 3.09. The predicted molar refractivity (Wildman–Crippen MR) is 76.8 cm³/mol. The highest BCUT2D eigenvalue weighted by atomic mass is 16.6. The highest BCUT2D eigenvalue weighted by Gasteiger charge is 2.19. The number of carbonyl (C=O) groups is 2.